The van der Waals surface area contributed by atoms with Crippen molar-refractivity contribution in [3.05, 3.63) is 47.8 Å². The number of hydrogen-bond acceptors (Lipinski definition) is 5. The Morgan fingerprint density at radius 2 is 2.21 bits per heavy atom. The molecule has 0 radical (unpaired) electrons. The molecule has 0 spiro atoms. The van der Waals surface area contributed by atoms with E-state index in [2.05, 4.69) is 33.2 Å². The van der Waals surface area contributed by atoms with Crippen LogP contribution in [0.1, 0.15) is 35.8 Å². The summed E-state index contributed by atoms with van der Waals surface area (Å²) in [6.07, 6.45) is 3.92. The number of hydrogen-bond donors (Lipinski definition) is 1. The van der Waals surface area contributed by atoms with Gasteiger partial charge in [-0.25, -0.2) is 9.97 Å². The Hall–Kier alpha value is -2.94. The molecule has 1 saturated heterocycles. The molecule has 1 unspecified atom stereocenters. The fraction of sp³-hybridized carbons (Fsp3) is 0.333. The van der Waals surface area contributed by atoms with Crippen molar-refractivity contribution in [2.75, 3.05) is 23.3 Å². The number of piperidine rings is 1. The molecule has 2 aromatic rings. The molecule has 2 heterocycles. The second-order valence-corrected chi connectivity index (χ2v) is 6.05. The number of nitriles is 1. The number of carbonyl (C=O) groups is 1. The Labute approximate surface area is 141 Å². The van der Waals surface area contributed by atoms with Crippen molar-refractivity contribution in [2.24, 2.45) is 5.92 Å². The van der Waals surface area contributed by atoms with E-state index in [1.807, 2.05) is 0 Å². The number of anilines is 2. The first-order valence-electron chi connectivity index (χ1n) is 8.06. The van der Waals surface area contributed by atoms with Crippen LogP contribution in [0.15, 0.2) is 36.5 Å². The van der Waals surface area contributed by atoms with E-state index in [-0.39, 0.29) is 5.91 Å². The molecule has 1 aromatic heterocycles. The first-order chi connectivity index (χ1) is 11.7. The highest BCUT2D eigenvalue weighted by Gasteiger charge is 2.20. The molecule has 6 nitrogen and oxygen atoms in total. The first kappa shape index (κ1) is 15.9. The average molecular weight is 321 g/mol. The van der Waals surface area contributed by atoms with Crippen LogP contribution in [0.25, 0.3) is 0 Å². The fourth-order valence-corrected chi connectivity index (χ4v) is 2.87. The number of benzene rings is 1. The molecule has 3 rings (SSSR count). The van der Waals surface area contributed by atoms with Crippen molar-refractivity contribution in [1.29, 1.82) is 5.26 Å². The van der Waals surface area contributed by atoms with Crippen LogP contribution in [0.3, 0.4) is 0 Å². The first-order valence-corrected chi connectivity index (χ1v) is 8.06. The van der Waals surface area contributed by atoms with Gasteiger partial charge >= 0.3 is 0 Å². The third-order valence-corrected chi connectivity index (χ3v) is 4.11. The molecule has 0 bridgehead atoms. The zero-order valence-electron chi connectivity index (χ0n) is 13.6. The Morgan fingerprint density at radius 3 is 3.00 bits per heavy atom. The summed E-state index contributed by atoms with van der Waals surface area (Å²) >= 11 is 0. The van der Waals surface area contributed by atoms with E-state index in [4.69, 9.17) is 5.26 Å². The molecule has 1 fully saturated rings. The number of aromatic nitrogens is 2. The molecule has 24 heavy (non-hydrogen) atoms. The van der Waals surface area contributed by atoms with Gasteiger partial charge in [-0.3, -0.25) is 4.79 Å². The molecule has 6 heteroatoms. The molecular formula is C18H19N5O. The van der Waals surface area contributed by atoms with Crippen LogP contribution < -0.4 is 10.2 Å². The van der Waals surface area contributed by atoms with E-state index in [0.717, 1.165) is 19.5 Å². The number of rotatable bonds is 3. The average Bonchev–Trinajstić information content (AvgIpc) is 2.62. The minimum absolute atomic E-state index is 0.297. The quantitative estimate of drug-likeness (QED) is 0.940. The lowest BCUT2D eigenvalue weighted by Gasteiger charge is -2.30. The fourth-order valence-electron chi connectivity index (χ4n) is 2.87. The SMILES string of the molecule is CC1CCCN(c2nccc(C(=O)Nc3ccccc3C#N)n2)C1. The second kappa shape index (κ2) is 7.09. The number of para-hydroxylation sites is 1. The van der Waals surface area contributed by atoms with Crippen LogP contribution in [0.4, 0.5) is 11.6 Å². The smallest absolute Gasteiger partial charge is 0.274 e. The molecule has 1 aliphatic rings. The maximum Gasteiger partial charge on any atom is 0.274 e. The van der Waals surface area contributed by atoms with Gasteiger partial charge in [-0.05, 0) is 37.0 Å². The van der Waals surface area contributed by atoms with Crippen molar-refractivity contribution in [3.8, 4) is 6.07 Å². The number of nitrogens with one attached hydrogen (secondary N) is 1. The van der Waals surface area contributed by atoms with Crippen molar-refractivity contribution in [2.45, 2.75) is 19.8 Å². The Balaban J connectivity index is 1.78. The summed E-state index contributed by atoms with van der Waals surface area (Å²) in [7, 11) is 0. The van der Waals surface area contributed by atoms with E-state index in [0.29, 0.717) is 28.8 Å². The number of nitrogens with zero attached hydrogens (tertiary/aromatic N) is 4. The topological polar surface area (TPSA) is 81.9 Å². The monoisotopic (exact) mass is 321 g/mol. The third-order valence-electron chi connectivity index (χ3n) is 4.11. The standard InChI is InChI=1S/C18H19N5O/c1-13-5-4-10-23(12-13)18-20-9-8-16(22-18)17(24)21-15-7-3-2-6-14(15)11-19/h2-3,6-9,13H,4-5,10,12H2,1H3,(H,21,24). The van der Waals surface area contributed by atoms with Crippen LogP contribution >= 0.6 is 0 Å². The number of amides is 1. The van der Waals surface area contributed by atoms with Gasteiger partial charge in [0.1, 0.15) is 11.8 Å². The largest absolute Gasteiger partial charge is 0.341 e. The van der Waals surface area contributed by atoms with Crippen LogP contribution in [-0.4, -0.2) is 29.0 Å². The third kappa shape index (κ3) is 3.51. The van der Waals surface area contributed by atoms with Crippen LogP contribution in [0, 0.1) is 17.2 Å². The van der Waals surface area contributed by atoms with Gasteiger partial charge in [0.15, 0.2) is 0 Å². The lowest BCUT2D eigenvalue weighted by Crippen LogP contribution is -2.35. The van der Waals surface area contributed by atoms with Gasteiger partial charge in [-0.1, -0.05) is 19.1 Å². The predicted molar refractivity (Wildman–Crippen MR) is 91.8 cm³/mol. The second-order valence-electron chi connectivity index (χ2n) is 6.05. The molecule has 0 aliphatic carbocycles. The summed E-state index contributed by atoms with van der Waals surface area (Å²) in [5.74, 6) is 0.844. The summed E-state index contributed by atoms with van der Waals surface area (Å²) < 4.78 is 0. The molecule has 1 N–H and O–H groups in total. The van der Waals surface area contributed by atoms with Crippen LogP contribution in [0.5, 0.6) is 0 Å². The van der Waals surface area contributed by atoms with E-state index in [1.165, 1.54) is 6.42 Å². The van der Waals surface area contributed by atoms with Crippen molar-refractivity contribution < 1.29 is 4.79 Å². The van der Waals surface area contributed by atoms with Crippen molar-refractivity contribution in [3.63, 3.8) is 0 Å². The van der Waals surface area contributed by atoms with E-state index in [9.17, 15) is 4.79 Å². The molecule has 122 valence electrons. The van der Waals surface area contributed by atoms with Gasteiger partial charge in [0.25, 0.3) is 5.91 Å². The zero-order valence-corrected chi connectivity index (χ0v) is 13.6. The van der Waals surface area contributed by atoms with Gasteiger partial charge in [-0.15, -0.1) is 0 Å². The van der Waals surface area contributed by atoms with Gasteiger partial charge in [0, 0.05) is 19.3 Å². The molecule has 1 aromatic carbocycles. The highest BCUT2D eigenvalue weighted by atomic mass is 16.1. The van der Waals surface area contributed by atoms with E-state index < -0.39 is 0 Å². The van der Waals surface area contributed by atoms with Gasteiger partial charge < -0.3 is 10.2 Å². The molecule has 1 amide bonds. The Morgan fingerprint density at radius 1 is 1.38 bits per heavy atom. The lowest BCUT2D eigenvalue weighted by molar-refractivity contribution is 0.102. The summed E-state index contributed by atoms with van der Waals surface area (Å²) in [6, 6.07) is 10.5. The minimum atomic E-state index is -0.341. The summed E-state index contributed by atoms with van der Waals surface area (Å²) in [4.78, 5) is 23.3. The highest BCUT2D eigenvalue weighted by molar-refractivity contribution is 6.03. The van der Waals surface area contributed by atoms with Crippen molar-refractivity contribution in [1.82, 2.24) is 9.97 Å². The number of carbonyl (C=O) groups excluding carboxylic acids is 1. The summed E-state index contributed by atoms with van der Waals surface area (Å²) in [5, 5.41) is 11.9. The molecule has 0 saturated carbocycles. The molecule has 1 aliphatic heterocycles. The summed E-state index contributed by atoms with van der Waals surface area (Å²) in [5.41, 5.74) is 1.20. The van der Waals surface area contributed by atoms with E-state index >= 15 is 0 Å². The Bertz CT molecular complexity index is 783. The lowest BCUT2D eigenvalue weighted by atomic mass is 10.0. The van der Waals surface area contributed by atoms with Gasteiger partial charge in [0.2, 0.25) is 5.95 Å². The minimum Gasteiger partial charge on any atom is -0.341 e. The van der Waals surface area contributed by atoms with Crippen molar-refractivity contribution >= 4 is 17.5 Å². The predicted octanol–water partition coefficient (Wildman–Crippen LogP) is 2.84. The van der Waals surface area contributed by atoms with E-state index in [1.54, 1.807) is 36.5 Å². The van der Waals surface area contributed by atoms with Gasteiger partial charge in [-0.2, -0.15) is 5.26 Å². The molecular weight excluding hydrogens is 302 g/mol. The maximum absolute atomic E-state index is 12.5. The highest BCUT2D eigenvalue weighted by Crippen LogP contribution is 2.20. The van der Waals surface area contributed by atoms with Crippen LogP contribution in [0.2, 0.25) is 0 Å². The summed E-state index contributed by atoms with van der Waals surface area (Å²) in [6.45, 7) is 4.02. The van der Waals surface area contributed by atoms with Gasteiger partial charge in [0.05, 0.1) is 11.3 Å². The zero-order chi connectivity index (χ0) is 16.9. The maximum atomic E-state index is 12.5. The Kier molecular flexibility index (Phi) is 4.71. The molecule has 1 atom stereocenters. The normalized spacial score (nSPS) is 17.2. The van der Waals surface area contributed by atoms with Crippen LogP contribution in [-0.2, 0) is 0 Å².